The molecular weight excluding hydrogens is 642 g/mol. The van der Waals surface area contributed by atoms with Crippen LogP contribution in [0.1, 0.15) is 24.4 Å². The number of nitrogens with one attached hydrogen (secondary N) is 3. The lowest BCUT2D eigenvalue weighted by molar-refractivity contribution is 0.593. The van der Waals surface area contributed by atoms with Gasteiger partial charge in [0.1, 0.15) is 17.0 Å². The van der Waals surface area contributed by atoms with Crippen LogP contribution in [0.5, 0.6) is 0 Å². The number of nitrogens with zero attached hydrogens (tertiary/aromatic N) is 3. The van der Waals surface area contributed by atoms with Crippen molar-refractivity contribution in [2.75, 3.05) is 17.1 Å². The lowest BCUT2D eigenvalue weighted by Gasteiger charge is -2.21. The Morgan fingerprint density at radius 3 is 2.41 bits per heavy atom. The fraction of sp³-hybridized carbons (Fsp3) is 0.240. The lowest BCUT2D eigenvalue weighted by Crippen LogP contribution is -2.41. The zero-order chi connectivity index (χ0) is 28.2. The number of hydrogen-bond acceptors (Lipinski definition) is 6. The summed E-state index contributed by atoms with van der Waals surface area (Å²) in [5, 5.41) is 2.94. The second-order valence-corrected chi connectivity index (χ2v) is 12.1. The highest BCUT2D eigenvalue weighted by Gasteiger charge is 2.31. The normalized spacial score (nSPS) is 13.6. The third-order valence-electron chi connectivity index (χ3n) is 6.56. The molecular formula is C25H24FIN6O5S. The fourth-order valence-electron chi connectivity index (χ4n) is 4.49. The maximum atomic E-state index is 14.8. The van der Waals surface area contributed by atoms with Gasteiger partial charge in [0.15, 0.2) is 0 Å². The summed E-state index contributed by atoms with van der Waals surface area (Å²) in [6.45, 7) is 1.50. The van der Waals surface area contributed by atoms with Gasteiger partial charge in [-0.15, -0.1) is 0 Å². The molecule has 2 aromatic heterocycles. The third kappa shape index (κ3) is 4.87. The highest BCUT2D eigenvalue weighted by Crippen LogP contribution is 2.34. The molecule has 0 unspecified atom stereocenters. The fourth-order valence-corrected chi connectivity index (χ4v) is 5.48. The smallest absolute Gasteiger partial charge is 0.336 e. The Morgan fingerprint density at radius 1 is 1.05 bits per heavy atom. The van der Waals surface area contributed by atoms with Crippen molar-refractivity contribution >= 4 is 60.9 Å². The minimum absolute atomic E-state index is 0.0280. The van der Waals surface area contributed by atoms with E-state index in [1.165, 1.54) is 54.4 Å². The first-order valence-electron chi connectivity index (χ1n) is 11.9. The van der Waals surface area contributed by atoms with Gasteiger partial charge >= 0.3 is 5.69 Å². The van der Waals surface area contributed by atoms with Gasteiger partial charge in [0, 0.05) is 29.3 Å². The van der Waals surface area contributed by atoms with Crippen molar-refractivity contribution in [3.8, 4) is 5.69 Å². The van der Waals surface area contributed by atoms with Crippen molar-refractivity contribution in [3.63, 3.8) is 0 Å². The van der Waals surface area contributed by atoms with E-state index in [0.717, 1.165) is 4.57 Å². The predicted octanol–water partition coefficient (Wildman–Crippen LogP) is 2.86. The van der Waals surface area contributed by atoms with Gasteiger partial charge in [-0.2, -0.15) is 8.42 Å². The van der Waals surface area contributed by atoms with E-state index in [4.69, 9.17) is 0 Å². The highest BCUT2D eigenvalue weighted by molar-refractivity contribution is 14.1. The third-order valence-corrected chi connectivity index (χ3v) is 8.28. The van der Waals surface area contributed by atoms with E-state index < -0.39 is 32.8 Å². The molecule has 1 fully saturated rings. The highest BCUT2D eigenvalue weighted by atomic mass is 127. The predicted molar refractivity (Wildman–Crippen MR) is 156 cm³/mol. The Balaban J connectivity index is 1.88. The van der Waals surface area contributed by atoms with Gasteiger partial charge < -0.3 is 5.32 Å². The molecule has 204 valence electrons. The summed E-state index contributed by atoms with van der Waals surface area (Å²) < 4.78 is 47.8. The molecule has 0 spiro atoms. The number of hydrogen-bond donors (Lipinski definition) is 3. The number of pyridine rings is 1. The first-order valence-corrected chi connectivity index (χ1v) is 14.4. The second kappa shape index (κ2) is 9.91. The molecule has 0 atom stereocenters. The molecule has 39 heavy (non-hydrogen) atoms. The number of aryl methyl sites for hydroxylation is 1. The van der Waals surface area contributed by atoms with E-state index in [1.54, 1.807) is 18.2 Å². The van der Waals surface area contributed by atoms with Gasteiger partial charge in [-0.1, -0.05) is 6.07 Å². The molecule has 0 bridgehead atoms. The minimum atomic E-state index is -3.85. The van der Waals surface area contributed by atoms with Crippen molar-refractivity contribution in [1.29, 1.82) is 0 Å². The van der Waals surface area contributed by atoms with Crippen molar-refractivity contribution < 1.29 is 12.8 Å². The average Bonchev–Trinajstić information content (AvgIpc) is 3.71. The number of fused-ring (bicyclic) bond motifs is 1. The standard InChI is InChI=1S/C25H24FIN6O5S/c1-13-21-20(22(31(3)23(13)34)29-19-10-7-14(27)11-18(19)26)24(35)33(16-8-9-16)25(36)32(21)17-6-4-5-15(12-17)30-39(37,38)28-2/h4-7,10-12,16,28-30H,8-9H2,1-3H3. The number of benzene rings is 2. The Hall–Kier alpha value is -3.50. The molecule has 4 aromatic rings. The number of rotatable bonds is 7. The summed E-state index contributed by atoms with van der Waals surface area (Å²) in [5.41, 5.74) is -1.15. The maximum Gasteiger partial charge on any atom is 0.336 e. The molecule has 11 nitrogen and oxygen atoms in total. The number of anilines is 3. The van der Waals surface area contributed by atoms with E-state index >= 15 is 0 Å². The Bertz CT molecular complexity index is 1950. The zero-order valence-electron chi connectivity index (χ0n) is 21.1. The van der Waals surface area contributed by atoms with Crippen LogP contribution in [-0.2, 0) is 17.3 Å². The summed E-state index contributed by atoms with van der Waals surface area (Å²) in [6.07, 6.45) is 1.25. The monoisotopic (exact) mass is 666 g/mol. The van der Waals surface area contributed by atoms with Crippen LogP contribution >= 0.6 is 22.6 Å². The first-order chi connectivity index (χ1) is 18.4. The van der Waals surface area contributed by atoms with Crippen LogP contribution in [-0.4, -0.2) is 29.2 Å². The molecule has 1 saturated carbocycles. The first kappa shape index (κ1) is 27.1. The van der Waals surface area contributed by atoms with E-state index in [-0.39, 0.29) is 45.4 Å². The van der Waals surface area contributed by atoms with Gasteiger partial charge in [-0.3, -0.25) is 28.0 Å². The topological polar surface area (TPSA) is 136 Å². The van der Waals surface area contributed by atoms with Crippen molar-refractivity contribution in [1.82, 2.24) is 18.4 Å². The molecule has 2 heterocycles. The second-order valence-electron chi connectivity index (χ2n) is 9.19. The van der Waals surface area contributed by atoms with E-state index in [1.807, 2.05) is 22.6 Å². The van der Waals surface area contributed by atoms with Crippen LogP contribution in [0.3, 0.4) is 0 Å². The zero-order valence-corrected chi connectivity index (χ0v) is 24.1. The van der Waals surface area contributed by atoms with E-state index in [9.17, 15) is 27.2 Å². The molecule has 1 aliphatic carbocycles. The summed E-state index contributed by atoms with van der Waals surface area (Å²) in [4.78, 5) is 41.1. The molecule has 3 N–H and O–H groups in total. The van der Waals surface area contributed by atoms with Crippen LogP contribution in [0.25, 0.3) is 16.6 Å². The van der Waals surface area contributed by atoms with E-state index in [0.29, 0.717) is 16.4 Å². The quantitative estimate of drug-likeness (QED) is 0.260. The molecule has 5 rings (SSSR count). The van der Waals surface area contributed by atoms with E-state index in [2.05, 4.69) is 14.8 Å². The van der Waals surface area contributed by atoms with Crippen LogP contribution in [0.4, 0.5) is 21.6 Å². The number of aromatic nitrogens is 3. The molecule has 2 aromatic carbocycles. The molecule has 1 aliphatic rings. The van der Waals surface area contributed by atoms with Gasteiger partial charge in [-0.05, 0) is 78.8 Å². The molecule has 0 amide bonds. The molecule has 0 radical (unpaired) electrons. The summed E-state index contributed by atoms with van der Waals surface area (Å²) in [5.74, 6) is -0.552. The van der Waals surface area contributed by atoms with Gasteiger partial charge in [-0.25, -0.2) is 13.9 Å². The summed E-state index contributed by atoms with van der Waals surface area (Å²) in [7, 11) is -1.14. The van der Waals surface area contributed by atoms with Crippen LogP contribution in [0.2, 0.25) is 0 Å². The van der Waals surface area contributed by atoms with Crippen LogP contribution < -0.4 is 31.6 Å². The molecule has 0 saturated heterocycles. The Kier molecular flexibility index (Phi) is 6.88. The van der Waals surface area contributed by atoms with Gasteiger partial charge in [0.25, 0.3) is 21.3 Å². The lowest BCUT2D eigenvalue weighted by atomic mass is 10.1. The minimum Gasteiger partial charge on any atom is -0.338 e. The van der Waals surface area contributed by atoms with Crippen molar-refractivity contribution in [2.24, 2.45) is 7.05 Å². The SMILES string of the molecule is CNS(=O)(=O)Nc1cccc(-n2c(=O)n(C3CC3)c(=O)c3c(Nc4ccc(I)cc4F)n(C)c(=O)c(C)c32)c1. The van der Waals surface area contributed by atoms with Crippen molar-refractivity contribution in [3.05, 3.63) is 88.6 Å². The van der Waals surface area contributed by atoms with Crippen molar-refractivity contribution in [2.45, 2.75) is 25.8 Å². The molecule has 0 aliphatic heterocycles. The average molecular weight is 666 g/mol. The maximum absolute atomic E-state index is 14.8. The largest absolute Gasteiger partial charge is 0.338 e. The van der Waals surface area contributed by atoms with Crippen LogP contribution in [0, 0.1) is 16.3 Å². The Labute approximate surface area is 235 Å². The van der Waals surface area contributed by atoms with Gasteiger partial charge in [0.2, 0.25) is 0 Å². The number of halogens is 2. The Morgan fingerprint density at radius 2 is 1.77 bits per heavy atom. The van der Waals surface area contributed by atoms with Crippen LogP contribution in [0.15, 0.2) is 56.8 Å². The summed E-state index contributed by atoms with van der Waals surface area (Å²) >= 11 is 1.97. The molecule has 14 heteroatoms. The summed E-state index contributed by atoms with van der Waals surface area (Å²) in [6, 6.07) is 10.2. The van der Waals surface area contributed by atoms with Gasteiger partial charge in [0.05, 0.1) is 22.6 Å².